The molecule has 3 N–H and O–H groups in total. The molecule has 2 saturated heterocycles. The van der Waals surface area contributed by atoms with Crippen molar-refractivity contribution in [2.75, 3.05) is 20.2 Å². The first-order valence-electron chi connectivity index (χ1n) is 18.1. The lowest BCUT2D eigenvalue weighted by Gasteiger charge is -2.28. The molecule has 53 heavy (non-hydrogen) atoms. The van der Waals surface area contributed by atoms with Crippen molar-refractivity contribution in [2.45, 2.75) is 63.6 Å². The molecule has 2 aromatic heterocycles. The van der Waals surface area contributed by atoms with E-state index in [0.29, 0.717) is 24.5 Å². The summed E-state index contributed by atoms with van der Waals surface area (Å²) in [4.78, 5) is 70.0. The third-order valence-electron chi connectivity index (χ3n) is 10.2. The van der Waals surface area contributed by atoms with Crippen molar-refractivity contribution >= 4 is 23.7 Å². The molecule has 0 saturated carbocycles. The quantitative estimate of drug-likeness (QED) is 0.134. The molecule has 2 aliphatic rings. The van der Waals surface area contributed by atoms with E-state index in [9.17, 15) is 19.2 Å². The van der Waals surface area contributed by atoms with E-state index >= 15 is 0 Å². The van der Waals surface area contributed by atoms with Gasteiger partial charge in [-0.3, -0.25) is 9.59 Å². The van der Waals surface area contributed by atoms with Gasteiger partial charge in [0.15, 0.2) is 0 Å². The number of methoxy groups -OCH3 is 1. The molecule has 0 bridgehead atoms. The Morgan fingerprint density at radius 3 is 1.77 bits per heavy atom. The monoisotopic (exact) mass is 713 g/mol. The Balaban J connectivity index is 1.01. The van der Waals surface area contributed by atoms with Crippen LogP contribution in [0.5, 0.6) is 0 Å². The SMILES string of the molecule is COC(=O)N[C@@H](C(=O)N1CCC[C@H]1c1ncc(-c2ccc(-c3ccc(-c4cnc([C@@H]5CCCN5C(=O)CCC(C)=O)[nH]4)cc3)cc2)[nH]1)c1ccccc1. The first-order chi connectivity index (χ1) is 25.8. The Kier molecular flexibility index (Phi) is 10.5. The number of aromatic nitrogens is 4. The summed E-state index contributed by atoms with van der Waals surface area (Å²) in [6.07, 6.45) is 6.79. The van der Waals surface area contributed by atoms with E-state index in [1.807, 2.05) is 41.4 Å². The summed E-state index contributed by atoms with van der Waals surface area (Å²) in [7, 11) is 1.28. The van der Waals surface area contributed by atoms with Crippen molar-refractivity contribution in [1.82, 2.24) is 35.1 Å². The Labute approximate surface area is 308 Å². The molecule has 272 valence electrons. The van der Waals surface area contributed by atoms with E-state index in [-0.39, 0.29) is 42.5 Å². The fourth-order valence-electron chi connectivity index (χ4n) is 7.36. The van der Waals surface area contributed by atoms with Gasteiger partial charge in [-0.05, 0) is 60.4 Å². The second-order valence-corrected chi connectivity index (χ2v) is 13.6. The molecule has 0 unspecified atom stereocenters. The van der Waals surface area contributed by atoms with Crippen LogP contribution >= 0.6 is 0 Å². The number of nitrogens with zero attached hydrogens (tertiary/aromatic N) is 4. The molecular weight excluding hydrogens is 670 g/mol. The number of carbonyl (C=O) groups excluding carboxylic acids is 4. The Hall–Kier alpha value is -6.04. The number of ketones is 1. The molecule has 4 heterocycles. The van der Waals surface area contributed by atoms with Crippen LogP contribution in [0.1, 0.15) is 80.8 Å². The number of H-pyrrole nitrogens is 2. The second kappa shape index (κ2) is 15.7. The number of carbonyl (C=O) groups is 4. The number of benzene rings is 3. The number of likely N-dealkylation sites (tertiary alicyclic amines) is 2. The van der Waals surface area contributed by atoms with E-state index in [4.69, 9.17) is 4.74 Å². The van der Waals surface area contributed by atoms with Crippen LogP contribution in [0, 0.1) is 0 Å². The molecular formula is C41H43N7O5. The molecule has 7 rings (SSSR count). The zero-order valence-corrected chi connectivity index (χ0v) is 29.9. The van der Waals surface area contributed by atoms with Crippen molar-refractivity contribution < 1.29 is 23.9 Å². The van der Waals surface area contributed by atoms with Crippen LogP contribution < -0.4 is 5.32 Å². The van der Waals surface area contributed by atoms with Crippen molar-refractivity contribution in [3.05, 3.63) is 108 Å². The molecule has 0 aliphatic carbocycles. The highest BCUT2D eigenvalue weighted by Gasteiger charge is 2.37. The number of Topliss-reactive ketones (excluding diaryl/α,β-unsaturated/α-hetero) is 1. The van der Waals surface area contributed by atoms with Gasteiger partial charge in [0.05, 0.1) is 43.0 Å². The van der Waals surface area contributed by atoms with Gasteiger partial charge in [-0.25, -0.2) is 14.8 Å². The molecule has 0 radical (unpaired) electrons. The summed E-state index contributed by atoms with van der Waals surface area (Å²) in [6, 6.07) is 24.5. The van der Waals surface area contributed by atoms with E-state index in [1.165, 1.54) is 14.0 Å². The number of imidazole rings is 2. The van der Waals surface area contributed by atoms with Crippen molar-refractivity contribution in [2.24, 2.45) is 0 Å². The van der Waals surface area contributed by atoms with Crippen LogP contribution in [0.2, 0.25) is 0 Å². The summed E-state index contributed by atoms with van der Waals surface area (Å²) >= 11 is 0. The molecule has 12 heteroatoms. The van der Waals surface area contributed by atoms with Gasteiger partial charge in [0.2, 0.25) is 5.91 Å². The Morgan fingerprint density at radius 1 is 0.736 bits per heavy atom. The summed E-state index contributed by atoms with van der Waals surface area (Å²) in [5.41, 5.74) is 6.52. The molecule has 3 aromatic carbocycles. The second-order valence-electron chi connectivity index (χ2n) is 13.6. The zero-order valence-electron chi connectivity index (χ0n) is 29.9. The van der Waals surface area contributed by atoms with Crippen LogP contribution in [-0.2, 0) is 19.1 Å². The standard InChI is InChI=1S/C41H43N7O5/c1-26(49)12-21-36(50)47-22-6-10-34(47)38-42-24-32(44-38)29-17-13-27(14-18-29)28-15-19-30(20-16-28)33-25-43-39(45-33)35-11-7-23-48(35)40(51)37(46-41(52)53-2)31-8-4-3-5-9-31/h3-5,8-9,13-20,24-25,34-35,37H,6-7,10-12,21-23H2,1-2H3,(H,42,44)(H,43,45)(H,46,52)/t34-,35-,37+/m0/s1. The van der Waals surface area contributed by atoms with Gasteiger partial charge in [0, 0.05) is 25.9 Å². The lowest BCUT2D eigenvalue weighted by atomic mass is 10.0. The fraction of sp³-hybridized carbons (Fsp3) is 0.317. The van der Waals surface area contributed by atoms with Crippen LogP contribution in [0.4, 0.5) is 4.79 Å². The van der Waals surface area contributed by atoms with E-state index < -0.39 is 12.1 Å². The maximum atomic E-state index is 13.8. The average Bonchev–Trinajstić information content (AvgIpc) is 4.03. The van der Waals surface area contributed by atoms with Gasteiger partial charge >= 0.3 is 6.09 Å². The highest BCUT2D eigenvalue weighted by Crippen LogP contribution is 2.35. The molecule has 2 aliphatic heterocycles. The average molecular weight is 714 g/mol. The minimum atomic E-state index is -0.873. The highest BCUT2D eigenvalue weighted by molar-refractivity contribution is 5.87. The maximum absolute atomic E-state index is 13.8. The molecule has 12 nitrogen and oxygen atoms in total. The summed E-state index contributed by atoms with van der Waals surface area (Å²) in [6.45, 7) is 2.75. The summed E-state index contributed by atoms with van der Waals surface area (Å²) < 4.78 is 4.82. The lowest BCUT2D eigenvalue weighted by molar-refractivity contribution is -0.134. The minimum Gasteiger partial charge on any atom is -0.453 e. The van der Waals surface area contributed by atoms with Crippen LogP contribution in [0.15, 0.2) is 91.3 Å². The van der Waals surface area contributed by atoms with Gasteiger partial charge in [-0.15, -0.1) is 0 Å². The Bertz CT molecular complexity index is 2070. The van der Waals surface area contributed by atoms with Crippen molar-refractivity contribution in [3.8, 4) is 33.6 Å². The largest absolute Gasteiger partial charge is 0.453 e. The topological polar surface area (TPSA) is 153 Å². The van der Waals surface area contributed by atoms with Crippen LogP contribution in [0.25, 0.3) is 33.6 Å². The normalized spacial score (nSPS) is 17.5. The fourth-order valence-corrected chi connectivity index (χ4v) is 7.36. The number of ether oxygens (including phenoxy) is 1. The van der Waals surface area contributed by atoms with E-state index in [0.717, 1.165) is 65.1 Å². The van der Waals surface area contributed by atoms with Crippen molar-refractivity contribution in [1.29, 1.82) is 0 Å². The van der Waals surface area contributed by atoms with Gasteiger partial charge in [0.1, 0.15) is 23.5 Å². The predicted molar refractivity (Wildman–Crippen MR) is 199 cm³/mol. The zero-order chi connectivity index (χ0) is 36.9. The van der Waals surface area contributed by atoms with Gasteiger partial charge in [0.25, 0.3) is 5.91 Å². The van der Waals surface area contributed by atoms with E-state index in [1.54, 1.807) is 11.1 Å². The number of alkyl carbamates (subject to hydrolysis) is 1. The van der Waals surface area contributed by atoms with Gasteiger partial charge in [-0.1, -0.05) is 78.9 Å². The van der Waals surface area contributed by atoms with Crippen molar-refractivity contribution in [3.63, 3.8) is 0 Å². The van der Waals surface area contributed by atoms with Crippen LogP contribution in [-0.4, -0.2) is 73.6 Å². The first-order valence-corrected chi connectivity index (χ1v) is 18.1. The van der Waals surface area contributed by atoms with E-state index in [2.05, 4.69) is 73.8 Å². The maximum Gasteiger partial charge on any atom is 0.407 e. The predicted octanol–water partition coefficient (Wildman–Crippen LogP) is 6.93. The van der Waals surface area contributed by atoms with Crippen LogP contribution in [0.3, 0.4) is 0 Å². The molecule has 3 amide bonds. The molecule has 0 spiro atoms. The third-order valence-corrected chi connectivity index (χ3v) is 10.2. The van der Waals surface area contributed by atoms with Gasteiger partial charge in [-0.2, -0.15) is 0 Å². The smallest absolute Gasteiger partial charge is 0.407 e. The third kappa shape index (κ3) is 7.76. The first kappa shape index (κ1) is 35.4. The number of rotatable bonds is 11. The molecule has 2 fully saturated rings. The summed E-state index contributed by atoms with van der Waals surface area (Å²) in [5.74, 6) is 1.29. The minimum absolute atomic E-state index is 0.00000344. The molecule has 5 aromatic rings. The number of aromatic amines is 2. The lowest BCUT2D eigenvalue weighted by Crippen LogP contribution is -2.42. The Morgan fingerprint density at radius 2 is 1.25 bits per heavy atom. The van der Waals surface area contributed by atoms with Gasteiger partial charge < -0.3 is 34.6 Å². The highest BCUT2D eigenvalue weighted by atomic mass is 16.5. The number of hydrogen-bond acceptors (Lipinski definition) is 7. The number of hydrogen-bond donors (Lipinski definition) is 3. The summed E-state index contributed by atoms with van der Waals surface area (Å²) in [5, 5.41) is 2.71. The number of amides is 3. The number of nitrogens with one attached hydrogen (secondary N) is 3. The molecule has 3 atom stereocenters.